The summed E-state index contributed by atoms with van der Waals surface area (Å²) in [6.07, 6.45) is 2.76. The molecular formula is C15H16ClN5. The Balaban J connectivity index is 2.24. The lowest BCUT2D eigenvalue weighted by Gasteiger charge is -2.12. The third-order valence-corrected chi connectivity index (χ3v) is 3.17. The van der Waals surface area contributed by atoms with Crippen molar-refractivity contribution in [2.75, 3.05) is 17.2 Å². The summed E-state index contributed by atoms with van der Waals surface area (Å²) in [6, 6.07) is 7.15. The van der Waals surface area contributed by atoms with Gasteiger partial charge in [-0.05, 0) is 31.5 Å². The van der Waals surface area contributed by atoms with Crippen molar-refractivity contribution in [3.8, 4) is 6.07 Å². The maximum absolute atomic E-state index is 8.85. The zero-order chi connectivity index (χ0) is 15.2. The van der Waals surface area contributed by atoms with Crippen LogP contribution in [0.1, 0.15) is 24.5 Å². The van der Waals surface area contributed by atoms with Crippen molar-refractivity contribution >= 4 is 29.1 Å². The number of aromatic nitrogens is 2. The first-order valence-corrected chi connectivity index (χ1v) is 7.06. The predicted octanol–water partition coefficient (Wildman–Crippen LogP) is 3.88. The molecule has 2 aromatic rings. The minimum Gasteiger partial charge on any atom is -0.354 e. The summed E-state index contributed by atoms with van der Waals surface area (Å²) < 4.78 is 0. The number of aryl methyl sites for hydroxylation is 1. The van der Waals surface area contributed by atoms with Crippen molar-refractivity contribution in [1.82, 2.24) is 9.97 Å². The summed E-state index contributed by atoms with van der Waals surface area (Å²) in [5.41, 5.74) is 2.15. The van der Waals surface area contributed by atoms with E-state index in [-0.39, 0.29) is 0 Å². The Kier molecular flexibility index (Phi) is 4.96. The number of nitrogens with zero attached hydrogens (tertiary/aromatic N) is 3. The summed E-state index contributed by atoms with van der Waals surface area (Å²) in [6.45, 7) is 4.82. The number of hydrogen-bond acceptors (Lipinski definition) is 5. The quantitative estimate of drug-likeness (QED) is 0.877. The number of nitrogens with one attached hydrogen (secondary N) is 2. The predicted molar refractivity (Wildman–Crippen MR) is 85.0 cm³/mol. The van der Waals surface area contributed by atoms with Gasteiger partial charge >= 0.3 is 0 Å². The molecule has 0 aliphatic carbocycles. The van der Waals surface area contributed by atoms with Crippen molar-refractivity contribution in [3.05, 3.63) is 40.5 Å². The molecule has 1 aromatic carbocycles. The van der Waals surface area contributed by atoms with E-state index in [0.29, 0.717) is 28.0 Å². The smallest absolute Gasteiger partial charge is 0.224 e. The van der Waals surface area contributed by atoms with Crippen LogP contribution in [0, 0.1) is 18.3 Å². The molecule has 1 aromatic heterocycles. The molecule has 0 saturated carbocycles. The van der Waals surface area contributed by atoms with E-state index < -0.39 is 0 Å². The summed E-state index contributed by atoms with van der Waals surface area (Å²) in [5.74, 6) is 1.27. The molecule has 0 atom stereocenters. The topological polar surface area (TPSA) is 73.6 Å². The monoisotopic (exact) mass is 301 g/mol. The molecule has 21 heavy (non-hydrogen) atoms. The molecule has 108 valence electrons. The highest BCUT2D eigenvalue weighted by Gasteiger charge is 2.07. The average Bonchev–Trinajstić information content (AvgIpc) is 2.49. The van der Waals surface area contributed by atoms with Crippen molar-refractivity contribution < 1.29 is 0 Å². The lowest BCUT2D eigenvalue weighted by Crippen LogP contribution is -2.07. The van der Waals surface area contributed by atoms with Gasteiger partial charge in [0.05, 0.1) is 22.3 Å². The highest BCUT2D eigenvalue weighted by atomic mass is 35.5. The summed E-state index contributed by atoms with van der Waals surface area (Å²) >= 11 is 6.16. The van der Waals surface area contributed by atoms with Crippen LogP contribution >= 0.6 is 11.6 Å². The third kappa shape index (κ3) is 3.83. The van der Waals surface area contributed by atoms with Gasteiger partial charge in [-0.15, -0.1) is 0 Å². The van der Waals surface area contributed by atoms with Gasteiger partial charge in [-0.1, -0.05) is 18.5 Å². The van der Waals surface area contributed by atoms with Crippen LogP contribution < -0.4 is 10.6 Å². The Morgan fingerprint density at radius 1 is 1.38 bits per heavy atom. The molecular weight excluding hydrogens is 286 g/mol. The molecule has 0 saturated heterocycles. The van der Waals surface area contributed by atoms with Crippen molar-refractivity contribution in [1.29, 1.82) is 5.26 Å². The van der Waals surface area contributed by atoms with E-state index in [2.05, 4.69) is 33.6 Å². The molecule has 0 amide bonds. The second kappa shape index (κ2) is 6.91. The SMILES string of the molecule is CCCNc1ncc(C)c(Nc2ccc(C#N)cc2Cl)n1. The Bertz CT molecular complexity index is 678. The van der Waals surface area contributed by atoms with Crippen LogP contribution in [0.15, 0.2) is 24.4 Å². The molecule has 0 aliphatic heterocycles. The Morgan fingerprint density at radius 2 is 2.19 bits per heavy atom. The van der Waals surface area contributed by atoms with E-state index in [1.54, 1.807) is 24.4 Å². The van der Waals surface area contributed by atoms with Gasteiger partial charge in [-0.3, -0.25) is 0 Å². The second-order valence-electron chi connectivity index (χ2n) is 4.58. The van der Waals surface area contributed by atoms with Gasteiger partial charge in [-0.25, -0.2) is 4.98 Å². The third-order valence-electron chi connectivity index (χ3n) is 2.86. The lowest BCUT2D eigenvalue weighted by molar-refractivity contribution is 0.950. The van der Waals surface area contributed by atoms with Crippen molar-refractivity contribution in [2.45, 2.75) is 20.3 Å². The lowest BCUT2D eigenvalue weighted by atomic mass is 10.2. The minimum atomic E-state index is 0.482. The maximum Gasteiger partial charge on any atom is 0.224 e. The summed E-state index contributed by atoms with van der Waals surface area (Å²) in [7, 11) is 0. The number of rotatable bonds is 5. The molecule has 0 spiro atoms. The Labute approximate surface area is 129 Å². The van der Waals surface area contributed by atoms with Crippen LogP contribution in [-0.4, -0.2) is 16.5 Å². The van der Waals surface area contributed by atoms with E-state index >= 15 is 0 Å². The molecule has 0 radical (unpaired) electrons. The van der Waals surface area contributed by atoms with E-state index in [4.69, 9.17) is 16.9 Å². The van der Waals surface area contributed by atoms with Gasteiger partial charge in [0.25, 0.3) is 0 Å². The molecule has 5 nitrogen and oxygen atoms in total. The zero-order valence-electron chi connectivity index (χ0n) is 11.9. The number of benzene rings is 1. The van der Waals surface area contributed by atoms with E-state index in [9.17, 15) is 0 Å². The molecule has 0 bridgehead atoms. The highest BCUT2D eigenvalue weighted by Crippen LogP contribution is 2.27. The van der Waals surface area contributed by atoms with Crippen LogP contribution in [0.3, 0.4) is 0 Å². The zero-order valence-corrected chi connectivity index (χ0v) is 12.7. The minimum absolute atomic E-state index is 0.482. The number of nitriles is 1. The van der Waals surface area contributed by atoms with Gasteiger partial charge in [-0.2, -0.15) is 10.2 Å². The first-order chi connectivity index (χ1) is 10.1. The Hall–Kier alpha value is -2.32. The van der Waals surface area contributed by atoms with Crippen molar-refractivity contribution in [3.63, 3.8) is 0 Å². The van der Waals surface area contributed by atoms with Crippen LogP contribution in [0.5, 0.6) is 0 Å². The summed E-state index contributed by atoms with van der Waals surface area (Å²) in [4.78, 5) is 8.66. The van der Waals surface area contributed by atoms with E-state index in [1.165, 1.54) is 0 Å². The maximum atomic E-state index is 8.85. The first-order valence-electron chi connectivity index (χ1n) is 6.68. The fourth-order valence-corrected chi connectivity index (χ4v) is 1.93. The standard InChI is InChI=1S/C15H16ClN5/c1-3-6-18-15-19-9-10(2)14(21-15)20-13-5-4-11(8-17)7-12(13)16/h4-5,7,9H,3,6H2,1-2H3,(H2,18,19,20,21). The van der Waals surface area contributed by atoms with Gasteiger partial charge in [0.2, 0.25) is 5.95 Å². The molecule has 0 fully saturated rings. The fraction of sp³-hybridized carbons (Fsp3) is 0.267. The van der Waals surface area contributed by atoms with E-state index in [0.717, 1.165) is 18.5 Å². The van der Waals surface area contributed by atoms with Crippen LogP contribution in [-0.2, 0) is 0 Å². The van der Waals surface area contributed by atoms with Crippen LogP contribution in [0.25, 0.3) is 0 Å². The molecule has 2 rings (SSSR count). The molecule has 0 unspecified atom stereocenters. The Morgan fingerprint density at radius 3 is 2.86 bits per heavy atom. The fourth-order valence-electron chi connectivity index (χ4n) is 1.70. The normalized spacial score (nSPS) is 10.0. The number of anilines is 3. The van der Waals surface area contributed by atoms with Gasteiger partial charge in [0.15, 0.2) is 0 Å². The second-order valence-corrected chi connectivity index (χ2v) is 4.99. The molecule has 2 N–H and O–H groups in total. The largest absolute Gasteiger partial charge is 0.354 e. The van der Waals surface area contributed by atoms with Crippen molar-refractivity contribution in [2.24, 2.45) is 0 Å². The number of halogens is 1. The first kappa shape index (κ1) is 15.1. The molecule has 0 aliphatic rings. The van der Waals surface area contributed by atoms with Crippen LogP contribution in [0.4, 0.5) is 17.5 Å². The number of hydrogen-bond donors (Lipinski definition) is 2. The molecule has 6 heteroatoms. The van der Waals surface area contributed by atoms with Gasteiger partial charge in [0, 0.05) is 18.3 Å². The van der Waals surface area contributed by atoms with Gasteiger partial charge < -0.3 is 10.6 Å². The van der Waals surface area contributed by atoms with Crippen LogP contribution in [0.2, 0.25) is 5.02 Å². The van der Waals surface area contributed by atoms with E-state index in [1.807, 2.05) is 6.92 Å². The van der Waals surface area contributed by atoms with Gasteiger partial charge in [0.1, 0.15) is 5.82 Å². The molecule has 1 heterocycles. The highest BCUT2D eigenvalue weighted by molar-refractivity contribution is 6.33. The average molecular weight is 302 g/mol. The summed E-state index contributed by atoms with van der Waals surface area (Å²) in [5, 5.41) is 15.6.